The largest absolute Gasteiger partial charge is 0.352 e. The lowest BCUT2D eigenvalue weighted by atomic mass is 10.0. The molecule has 2 aliphatic heterocycles. The Labute approximate surface area is 132 Å². The van der Waals surface area contributed by atoms with Gasteiger partial charge in [-0.15, -0.1) is 0 Å². The van der Waals surface area contributed by atoms with Gasteiger partial charge in [0, 0.05) is 28.9 Å². The second kappa shape index (κ2) is 6.24. The highest BCUT2D eigenvalue weighted by Crippen LogP contribution is 2.21. The molecule has 1 unspecified atom stereocenters. The van der Waals surface area contributed by atoms with Crippen molar-refractivity contribution in [1.29, 1.82) is 0 Å². The van der Waals surface area contributed by atoms with Crippen molar-refractivity contribution < 1.29 is 0 Å². The highest BCUT2D eigenvalue weighted by molar-refractivity contribution is 6.32. The molecule has 2 heterocycles. The standard InChI is InChI=1S/C15H12Cl2N4/c16-13-4-2-1-3-11(13)8-20-15-19-7-10-5-6-18-14(17)12(10)9-21-15/h1-7,9-10,18H,8H2. The minimum atomic E-state index is 0.0236. The first-order valence-electron chi connectivity index (χ1n) is 6.43. The molecule has 0 saturated heterocycles. The maximum absolute atomic E-state index is 6.11. The van der Waals surface area contributed by atoms with E-state index < -0.39 is 0 Å². The van der Waals surface area contributed by atoms with Crippen LogP contribution in [-0.4, -0.2) is 18.4 Å². The normalized spacial score (nSPS) is 22.2. The Hall–Kier alpha value is -1.91. The minimum Gasteiger partial charge on any atom is -0.352 e. The van der Waals surface area contributed by atoms with Crippen LogP contribution in [0.25, 0.3) is 0 Å². The predicted octanol–water partition coefficient (Wildman–Crippen LogP) is 3.53. The third-order valence-corrected chi connectivity index (χ3v) is 3.84. The number of allylic oxidation sites excluding steroid dienone is 2. The van der Waals surface area contributed by atoms with E-state index in [9.17, 15) is 0 Å². The first-order chi connectivity index (χ1) is 10.2. The van der Waals surface area contributed by atoms with E-state index in [2.05, 4.69) is 20.3 Å². The zero-order valence-electron chi connectivity index (χ0n) is 11.0. The van der Waals surface area contributed by atoms with Crippen LogP contribution in [0.3, 0.4) is 0 Å². The molecule has 4 nitrogen and oxygen atoms in total. The van der Waals surface area contributed by atoms with Gasteiger partial charge in [0.15, 0.2) is 0 Å². The van der Waals surface area contributed by atoms with Crippen LogP contribution < -0.4 is 5.32 Å². The quantitative estimate of drug-likeness (QED) is 0.833. The molecule has 1 aromatic carbocycles. The van der Waals surface area contributed by atoms with E-state index in [1.165, 1.54) is 0 Å². The summed E-state index contributed by atoms with van der Waals surface area (Å²) >= 11 is 12.2. The van der Waals surface area contributed by atoms with E-state index >= 15 is 0 Å². The van der Waals surface area contributed by atoms with Gasteiger partial charge < -0.3 is 5.32 Å². The third-order valence-electron chi connectivity index (χ3n) is 3.14. The summed E-state index contributed by atoms with van der Waals surface area (Å²) in [5.74, 6) is 0.435. The van der Waals surface area contributed by atoms with Gasteiger partial charge in [-0.3, -0.25) is 0 Å². The van der Waals surface area contributed by atoms with Gasteiger partial charge in [0.05, 0.1) is 6.54 Å². The van der Waals surface area contributed by atoms with Crippen molar-refractivity contribution in [3.63, 3.8) is 0 Å². The fourth-order valence-corrected chi connectivity index (χ4v) is 2.44. The molecular formula is C15H12Cl2N4. The van der Waals surface area contributed by atoms with Gasteiger partial charge in [-0.2, -0.15) is 0 Å². The van der Waals surface area contributed by atoms with Gasteiger partial charge in [-0.1, -0.05) is 47.5 Å². The van der Waals surface area contributed by atoms with Gasteiger partial charge in [0.1, 0.15) is 5.16 Å². The molecule has 1 atom stereocenters. The highest BCUT2D eigenvalue weighted by atomic mass is 35.5. The van der Waals surface area contributed by atoms with E-state index in [4.69, 9.17) is 23.2 Å². The van der Waals surface area contributed by atoms with E-state index in [-0.39, 0.29) is 5.92 Å². The van der Waals surface area contributed by atoms with Crippen LogP contribution >= 0.6 is 23.2 Å². The molecule has 0 radical (unpaired) electrons. The van der Waals surface area contributed by atoms with Crippen molar-refractivity contribution in [3.8, 4) is 0 Å². The van der Waals surface area contributed by atoms with Crippen LogP contribution in [0.1, 0.15) is 5.56 Å². The second-order valence-corrected chi connectivity index (χ2v) is 5.33. The van der Waals surface area contributed by atoms with E-state index in [1.54, 1.807) is 18.6 Å². The lowest BCUT2D eigenvalue weighted by Gasteiger charge is -2.14. The van der Waals surface area contributed by atoms with Crippen molar-refractivity contribution >= 4 is 41.6 Å². The Morgan fingerprint density at radius 3 is 2.90 bits per heavy atom. The Morgan fingerprint density at radius 1 is 1.19 bits per heavy atom. The molecule has 0 bridgehead atoms. The third kappa shape index (κ3) is 3.23. The minimum absolute atomic E-state index is 0.0236. The molecule has 0 spiro atoms. The van der Waals surface area contributed by atoms with Crippen LogP contribution in [-0.2, 0) is 6.54 Å². The molecule has 0 fully saturated rings. The summed E-state index contributed by atoms with van der Waals surface area (Å²) in [6.07, 6.45) is 7.24. The van der Waals surface area contributed by atoms with Crippen LogP contribution in [0, 0.1) is 5.92 Å². The molecular weight excluding hydrogens is 307 g/mol. The van der Waals surface area contributed by atoms with E-state index in [0.29, 0.717) is 22.7 Å². The molecule has 1 N–H and O–H groups in total. The molecule has 1 aromatic rings. The number of nitrogens with zero attached hydrogens (tertiary/aromatic N) is 3. The lowest BCUT2D eigenvalue weighted by Crippen LogP contribution is -2.16. The van der Waals surface area contributed by atoms with Gasteiger partial charge in [-0.05, 0) is 17.8 Å². The second-order valence-electron chi connectivity index (χ2n) is 4.54. The van der Waals surface area contributed by atoms with E-state index in [0.717, 1.165) is 11.1 Å². The summed E-state index contributed by atoms with van der Waals surface area (Å²) in [4.78, 5) is 13.0. The number of nitrogens with one attached hydrogen (secondary N) is 1. The molecule has 0 amide bonds. The summed E-state index contributed by atoms with van der Waals surface area (Å²) in [6, 6.07) is 7.59. The average molecular weight is 319 g/mol. The zero-order valence-corrected chi connectivity index (χ0v) is 12.5. The SMILES string of the molecule is ClC1=C2C=NC(=NCc3ccccc3Cl)N=CC2C=CN1. The molecule has 21 heavy (non-hydrogen) atoms. The number of guanidine groups is 1. The van der Waals surface area contributed by atoms with Gasteiger partial charge >= 0.3 is 0 Å². The van der Waals surface area contributed by atoms with Gasteiger partial charge in [0.25, 0.3) is 0 Å². The zero-order chi connectivity index (χ0) is 14.7. The maximum atomic E-state index is 6.11. The molecule has 2 aliphatic rings. The van der Waals surface area contributed by atoms with Crippen molar-refractivity contribution in [2.24, 2.45) is 20.9 Å². The topological polar surface area (TPSA) is 49.1 Å². The summed E-state index contributed by atoms with van der Waals surface area (Å²) in [7, 11) is 0. The van der Waals surface area contributed by atoms with Crippen LogP contribution in [0.2, 0.25) is 5.02 Å². The summed E-state index contributed by atoms with van der Waals surface area (Å²) in [5.41, 5.74) is 1.82. The number of rotatable bonds is 2. The van der Waals surface area contributed by atoms with Crippen molar-refractivity contribution in [2.45, 2.75) is 6.54 Å². The Kier molecular flexibility index (Phi) is 4.18. The predicted molar refractivity (Wildman–Crippen MR) is 88.2 cm³/mol. The van der Waals surface area contributed by atoms with Gasteiger partial charge in [0.2, 0.25) is 5.96 Å². The van der Waals surface area contributed by atoms with Crippen molar-refractivity contribution in [3.05, 3.63) is 57.9 Å². The fraction of sp³-hybridized carbons (Fsp3) is 0.133. The van der Waals surface area contributed by atoms with E-state index in [1.807, 2.05) is 30.3 Å². The molecule has 6 heteroatoms. The lowest BCUT2D eigenvalue weighted by molar-refractivity contribution is 0.986. The molecule has 0 aliphatic carbocycles. The molecule has 3 rings (SSSR count). The number of hydrogen-bond donors (Lipinski definition) is 1. The maximum Gasteiger partial charge on any atom is 0.244 e. The number of dihydropyridines is 1. The summed E-state index contributed by atoms with van der Waals surface area (Å²) in [5, 5.41) is 4.19. The highest BCUT2D eigenvalue weighted by Gasteiger charge is 2.17. The van der Waals surface area contributed by atoms with Crippen molar-refractivity contribution in [2.75, 3.05) is 0 Å². The number of fused-ring (bicyclic) bond motifs is 1. The first kappa shape index (κ1) is 14.0. The summed E-state index contributed by atoms with van der Waals surface area (Å²) in [6.45, 7) is 0.440. The smallest absolute Gasteiger partial charge is 0.244 e. The first-order valence-corrected chi connectivity index (χ1v) is 7.18. The molecule has 0 saturated carbocycles. The summed E-state index contributed by atoms with van der Waals surface area (Å²) < 4.78 is 0. The number of halogens is 2. The van der Waals surface area contributed by atoms with Crippen molar-refractivity contribution in [1.82, 2.24) is 5.32 Å². The fourth-order valence-electron chi connectivity index (χ4n) is 2.00. The number of benzene rings is 1. The Balaban J connectivity index is 1.83. The van der Waals surface area contributed by atoms with Crippen LogP contribution in [0.4, 0.5) is 0 Å². The van der Waals surface area contributed by atoms with Crippen LogP contribution in [0.5, 0.6) is 0 Å². The van der Waals surface area contributed by atoms with Gasteiger partial charge in [-0.25, -0.2) is 15.0 Å². The van der Waals surface area contributed by atoms with Crippen LogP contribution in [0.15, 0.2) is 62.2 Å². The Bertz CT molecular complexity index is 701. The number of hydrogen-bond acceptors (Lipinski definition) is 2. The number of aliphatic imine (C=N–C) groups is 3. The molecule has 0 aromatic heterocycles. The monoisotopic (exact) mass is 318 g/mol. The average Bonchev–Trinajstić information content (AvgIpc) is 2.70. The molecule has 106 valence electrons. The Morgan fingerprint density at radius 2 is 2.05 bits per heavy atom.